The number of benzene rings is 1. The van der Waals surface area contributed by atoms with Crippen molar-refractivity contribution in [3.63, 3.8) is 0 Å². The third-order valence-electron chi connectivity index (χ3n) is 3.78. The van der Waals surface area contributed by atoms with Gasteiger partial charge in [0.2, 0.25) is 0 Å². The number of nitrogens with zero attached hydrogens (tertiary/aromatic N) is 1. The normalized spacial score (nSPS) is 16.0. The van der Waals surface area contributed by atoms with Gasteiger partial charge in [0.1, 0.15) is 5.82 Å². The van der Waals surface area contributed by atoms with Crippen molar-refractivity contribution in [3.05, 3.63) is 29.1 Å². The second-order valence-electron chi connectivity index (χ2n) is 5.52. The number of Topliss-reactive ketones (excluding diaryl/α,β-unsaturated/α-hetero) is 1. The first-order valence-corrected chi connectivity index (χ1v) is 7.71. The summed E-state index contributed by atoms with van der Waals surface area (Å²) in [5.74, 6) is -1.03. The Morgan fingerprint density at radius 3 is 2.50 bits per heavy atom. The molecule has 0 aliphatic carbocycles. The molecule has 0 fully saturated rings. The lowest BCUT2D eigenvalue weighted by molar-refractivity contribution is -0.114. The number of aryl methyl sites for hydroxylation is 1. The number of halogens is 2. The van der Waals surface area contributed by atoms with E-state index < -0.39 is 17.5 Å². The molecule has 0 N–H and O–H groups in total. The van der Waals surface area contributed by atoms with Gasteiger partial charge in [0.05, 0.1) is 11.3 Å². The average Bonchev–Trinajstić information content (AvgIpc) is 2.60. The van der Waals surface area contributed by atoms with E-state index in [1.165, 1.54) is 11.0 Å². The molecular formula is C15H17BrFNO2. The Labute approximate surface area is 126 Å². The molecule has 108 valence electrons. The molecule has 0 radical (unpaired) electrons. The van der Waals surface area contributed by atoms with Gasteiger partial charge < -0.3 is 4.90 Å². The van der Waals surface area contributed by atoms with Gasteiger partial charge in [0, 0.05) is 11.9 Å². The molecule has 0 saturated heterocycles. The number of ketones is 1. The molecule has 0 bridgehead atoms. The number of amides is 1. The SMILES string of the molecule is Cc1cc(F)cc2c1N(CC(CBr)C(C)C)C(=O)C2=O. The number of fused-ring (bicyclic) bond motifs is 1. The van der Waals surface area contributed by atoms with Gasteiger partial charge in [-0.25, -0.2) is 4.39 Å². The predicted octanol–water partition coefficient (Wildman–Crippen LogP) is 3.33. The van der Waals surface area contributed by atoms with Crippen molar-refractivity contribution in [2.75, 3.05) is 16.8 Å². The summed E-state index contributed by atoms with van der Waals surface area (Å²) in [6, 6.07) is 2.51. The van der Waals surface area contributed by atoms with E-state index in [1.807, 2.05) is 0 Å². The summed E-state index contributed by atoms with van der Waals surface area (Å²) in [5, 5.41) is 0.748. The van der Waals surface area contributed by atoms with Gasteiger partial charge in [-0.15, -0.1) is 0 Å². The van der Waals surface area contributed by atoms with E-state index in [-0.39, 0.29) is 11.5 Å². The van der Waals surface area contributed by atoms with Crippen LogP contribution in [0.4, 0.5) is 10.1 Å². The van der Waals surface area contributed by atoms with Crippen LogP contribution in [-0.2, 0) is 4.79 Å². The van der Waals surface area contributed by atoms with Crippen LogP contribution in [0.15, 0.2) is 12.1 Å². The zero-order chi connectivity index (χ0) is 15.0. The fraction of sp³-hybridized carbons (Fsp3) is 0.467. The summed E-state index contributed by atoms with van der Waals surface area (Å²) in [6.07, 6.45) is 0. The number of anilines is 1. The highest BCUT2D eigenvalue weighted by atomic mass is 79.9. The van der Waals surface area contributed by atoms with Crippen molar-refractivity contribution in [1.82, 2.24) is 0 Å². The molecule has 0 spiro atoms. The Morgan fingerprint density at radius 2 is 1.95 bits per heavy atom. The number of hydrogen-bond acceptors (Lipinski definition) is 2. The topological polar surface area (TPSA) is 37.4 Å². The maximum Gasteiger partial charge on any atom is 0.299 e. The van der Waals surface area contributed by atoms with E-state index in [0.29, 0.717) is 23.7 Å². The fourth-order valence-corrected chi connectivity index (χ4v) is 3.41. The minimum absolute atomic E-state index is 0.185. The van der Waals surface area contributed by atoms with Crippen LogP contribution in [0.3, 0.4) is 0 Å². The quantitative estimate of drug-likeness (QED) is 0.622. The van der Waals surface area contributed by atoms with Crippen molar-refractivity contribution < 1.29 is 14.0 Å². The van der Waals surface area contributed by atoms with E-state index in [0.717, 1.165) is 11.4 Å². The number of carbonyl (C=O) groups is 2. The van der Waals surface area contributed by atoms with Gasteiger partial charge in [0.15, 0.2) is 0 Å². The summed E-state index contributed by atoms with van der Waals surface area (Å²) >= 11 is 3.45. The lowest BCUT2D eigenvalue weighted by Crippen LogP contribution is -2.36. The Morgan fingerprint density at radius 1 is 1.30 bits per heavy atom. The first kappa shape index (κ1) is 15.2. The highest BCUT2D eigenvalue weighted by Crippen LogP contribution is 2.34. The smallest absolute Gasteiger partial charge is 0.299 e. The second-order valence-corrected chi connectivity index (χ2v) is 6.17. The lowest BCUT2D eigenvalue weighted by Gasteiger charge is -2.26. The van der Waals surface area contributed by atoms with E-state index in [2.05, 4.69) is 29.8 Å². The van der Waals surface area contributed by atoms with Crippen LogP contribution >= 0.6 is 15.9 Å². The van der Waals surface area contributed by atoms with Gasteiger partial charge in [-0.3, -0.25) is 9.59 Å². The van der Waals surface area contributed by atoms with E-state index in [4.69, 9.17) is 0 Å². The maximum absolute atomic E-state index is 13.4. The summed E-state index contributed by atoms with van der Waals surface area (Å²) in [4.78, 5) is 25.6. The molecule has 1 aliphatic heterocycles. The molecule has 1 heterocycles. The van der Waals surface area contributed by atoms with E-state index in [1.54, 1.807) is 6.92 Å². The number of carbonyl (C=O) groups excluding carboxylic acids is 2. The first-order valence-electron chi connectivity index (χ1n) is 6.59. The molecule has 1 atom stereocenters. The molecule has 1 aromatic carbocycles. The Balaban J connectivity index is 2.43. The Hall–Kier alpha value is -1.23. The lowest BCUT2D eigenvalue weighted by atomic mass is 9.97. The van der Waals surface area contributed by atoms with Crippen LogP contribution in [0.2, 0.25) is 0 Å². The third kappa shape index (κ3) is 2.51. The standard InChI is InChI=1S/C15H17BrFNO2/c1-8(2)10(6-16)7-18-13-9(3)4-11(17)5-12(13)14(19)15(18)20/h4-5,8,10H,6-7H2,1-3H3. The summed E-state index contributed by atoms with van der Waals surface area (Å²) in [5.41, 5.74) is 1.37. The Kier molecular flexibility index (Phi) is 4.28. The molecule has 0 saturated carbocycles. The molecule has 2 rings (SSSR count). The van der Waals surface area contributed by atoms with Crippen LogP contribution in [0.25, 0.3) is 0 Å². The highest BCUT2D eigenvalue weighted by Gasteiger charge is 2.38. The van der Waals surface area contributed by atoms with Crippen LogP contribution in [0.1, 0.15) is 29.8 Å². The molecule has 1 aromatic rings. The van der Waals surface area contributed by atoms with Crippen LogP contribution in [0.5, 0.6) is 0 Å². The second kappa shape index (κ2) is 5.64. The predicted molar refractivity (Wildman–Crippen MR) is 79.9 cm³/mol. The molecule has 1 aliphatic rings. The molecule has 20 heavy (non-hydrogen) atoms. The minimum atomic E-state index is -0.611. The summed E-state index contributed by atoms with van der Waals surface area (Å²) in [7, 11) is 0. The van der Waals surface area contributed by atoms with E-state index in [9.17, 15) is 14.0 Å². The van der Waals surface area contributed by atoms with Gasteiger partial charge in [0.25, 0.3) is 11.7 Å². The van der Waals surface area contributed by atoms with Crippen molar-refractivity contribution in [2.24, 2.45) is 11.8 Å². The summed E-state index contributed by atoms with van der Waals surface area (Å²) in [6.45, 7) is 6.34. The average molecular weight is 342 g/mol. The molecular weight excluding hydrogens is 325 g/mol. The van der Waals surface area contributed by atoms with Crippen molar-refractivity contribution in [3.8, 4) is 0 Å². The molecule has 0 aromatic heterocycles. The van der Waals surface area contributed by atoms with Gasteiger partial charge >= 0.3 is 0 Å². The van der Waals surface area contributed by atoms with Crippen LogP contribution in [-0.4, -0.2) is 23.6 Å². The van der Waals surface area contributed by atoms with E-state index >= 15 is 0 Å². The van der Waals surface area contributed by atoms with Gasteiger partial charge in [-0.2, -0.15) is 0 Å². The Bertz CT molecular complexity index is 571. The number of hydrogen-bond donors (Lipinski definition) is 0. The fourth-order valence-electron chi connectivity index (χ4n) is 2.45. The monoisotopic (exact) mass is 341 g/mol. The van der Waals surface area contributed by atoms with Crippen LogP contribution in [0, 0.1) is 24.6 Å². The number of alkyl halides is 1. The maximum atomic E-state index is 13.4. The minimum Gasteiger partial charge on any atom is -0.304 e. The van der Waals surface area contributed by atoms with Gasteiger partial charge in [-0.05, 0) is 36.5 Å². The van der Waals surface area contributed by atoms with Crippen molar-refractivity contribution in [1.29, 1.82) is 0 Å². The van der Waals surface area contributed by atoms with Crippen LogP contribution < -0.4 is 4.90 Å². The summed E-state index contributed by atoms with van der Waals surface area (Å²) < 4.78 is 13.4. The largest absolute Gasteiger partial charge is 0.304 e. The van der Waals surface area contributed by atoms with Crippen molar-refractivity contribution >= 4 is 33.3 Å². The van der Waals surface area contributed by atoms with Gasteiger partial charge in [-0.1, -0.05) is 29.8 Å². The third-order valence-corrected chi connectivity index (χ3v) is 4.61. The highest BCUT2D eigenvalue weighted by molar-refractivity contribution is 9.09. The molecule has 5 heteroatoms. The molecule has 1 unspecified atom stereocenters. The first-order chi connectivity index (χ1) is 9.36. The molecule has 1 amide bonds. The van der Waals surface area contributed by atoms with Crippen molar-refractivity contribution in [2.45, 2.75) is 20.8 Å². The number of rotatable bonds is 4. The molecule has 3 nitrogen and oxygen atoms in total. The zero-order valence-electron chi connectivity index (χ0n) is 11.7. The zero-order valence-corrected chi connectivity index (χ0v) is 13.3.